The molecule has 0 saturated heterocycles. The van der Waals surface area contributed by atoms with Gasteiger partial charge in [-0.1, -0.05) is 0 Å². The number of hydrogen-bond donors (Lipinski definition) is 4. The summed E-state index contributed by atoms with van der Waals surface area (Å²) in [5.41, 5.74) is 0. The summed E-state index contributed by atoms with van der Waals surface area (Å²) < 4.78 is 63.8. The molecule has 94 valence electrons. The third kappa shape index (κ3) is 248. The normalized spacial score (nSPS) is 8.29. The van der Waals surface area contributed by atoms with Gasteiger partial charge in [0.15, 0.2) is 0 Å². The van der Waals surface area contributed by atoms with E-state index in [0.717, 1.165) is 0 Å². The van der Waals surface area contributed by atoms with Crippen LogP contribution >= 0.6 is 0 Å². The second kappa shape index (κ2) is 16.7. The minimum atomic E-state index is -5.25. The maximum absolute atomic E-state index is 8.82. The Bertz CT molecular complexity index is 222. The van der Waals surface area contributed by atoms with Gasteiger partial charge in [0.1, 0.15) is 0 Å². The SMILES string of the molecule is [Cu].[Cu].[KH].[O]=[Cr](=[O])([OH])[OH].[O]=[Cr](=[O])([OH])[OH].[PbH2]. The molecule has 0 unspecified atom stereocenters. The quantitative estimate of drug-likeness (QED) is 0.201. The molecule has 0 rings (SSSR count). The minimum absolute atomic E-state index is 0. The van der Waals surface area contributed by atoms with Gasteiger partial charge in [-0.2, -0.15) is 0 Å². The van der Waals surface area contributed by atoms with E-state index < -0.39 is 27.2 Å². The van der Waals surface area contributed by atoms with Crippen molar-refractivity contribution in [2.24, 2.45) is 0 Å². The molecule has 4 N–H and O–H groups in total. The number of rotatable bonds is 0. The average molecular weight is 612 g/mol. The van der Waals surface area contributed by atoms with E-state index in [4.69, 9.17) is 31.8 Å². The van der Waals surface area contributed by atoms with Gasteiger partial charge in [-0.15, -0.1) is 0 Å². The Labute approximate surface area is 168 Å². The van der Waals surface area contributed by atoms with Crippen molar-refractivity contribution < 1.29 is 93.2 Å². The predicted molar refractivity (Wildman–Crippen MR) is 27.3 cm³/mol. The van der Waals surface area contributed by atoms with Gasteiger partial charge < -0.3 is 0 Å². The van der Waals surface area contributed by atoms with Crippen molar-refractivity contribution in [3.63, 3.8) is 0 Å². The van der Waals surface area contributed by atoms with Gasteiger partial charge in [-0.05, 0) is 0 Å². The first kappa shape index (κ1) is 36.1. The molecule has 0 aliphatic carbocycles. The first-order chi connectivity index (χ1) is 4.00. The summed E-state index contributed by atoms with van der Waals surface area (Å²) in [6.07, 6.45) is 0. The zero-order valence-electron chi connectivity index (χ0n) is 5.55. The molecule has 0 saturated carbocycles. The monoisotopic (exact) mass is 612 g/mol. The summed E-state index contributed by atoms with van der Waals surface area (Å²) in [6, 6.07) is 0. The zero-order valence-corrected chi connectivity index (χ0v) is 15.5. The summed E-state index contributed by atoms with van der Waals surface area (Å²) in [5, 5.41) is 0. The molecule has 0 heterocycles. The van der Waals surface area contributed by atoms with Crippen LogP contribution in [0.25, 0.3) is 0 Å². The average Bonchev–Trinajstić information content (AvgIpc) is 1.12. The van der Waals surface area contributed by atoms with Crippen molar-refractivity contribution in [1.82, 2.24) is 0 Å². The fourth-order valence-electron chi connectivity index (χ4n) is 0. The molecule has 14 heteroatoms. The Morgan fingerprint density at radius 2 is 0.643 bits per heavy atom. The van der Waals surface area contributed by atoms with Crippen LogP contribution in [0.15, 0.2) is 0 Å². The molecule has 0 spiro atoms. The third-order valence-corrected chi connectivity index (χ3v) is 0. The molecule has 0 amide bonds. The molecule has 0 aromatic heterocycles. The fourth-order valence-corrected chi connectivity index (χ4v) is 0. The second-order valence-electron chi connectivity index (χ2n) is 0.896. The first-order valence-corrected chi connectivity index (χ1v) is 5.76. The molecule has 0 aliphatic rings. The van der Waals surface area contributed by atoms with Gasteiger partial charge in [-0.3, -0.25) is 0 Å². The second-order valence-corrected chi connectivity index (χ2v) is 3.69. The van der Waals surface area contributed by atoms with Crippen LogP contribution in [0.2, 0.25) is 0 Å². The van der Waals surface area contributed by atoms with Crippen molar-refractivity contribution in [3.8, 4) is 0 Å². The summed E-state index contributed by atoms with van der Waals surface area (Å²) >= 11 is -10.5. The van der Waals surface area contributed by atoms with Gasteiger partial charge in [0, 0.05) is 34.1 Å². The molecular formula is H7Cr2Cu2KO8Pb. The van der Waals surface area contributed by atoms with Gasteiger partial charge in [0.05, 0.1) is 0 Å². The van der Waals surface area contributed by atoms with E-state index in [1.807, 2.05) is 0 Å². The summed E-state index contributed by atoms with van der Waals surface area (Å²) in [5.74, 6) is 0. The van der Waals surface area contributed by atoms with Crippen molar-refractivity contribution in [2.45, 2.75) is 0 Å². The zero-order chi connectivity index (χ0) is 9.00. The third-order valence-electron chi connectivity index (χ3n) is 0. The van der Waals surface area contributed by atoms with E-state index in [9.17, 15) is 0 Å². The van der Waals surface area contributed by atoms with Crippen LogP contribution in [-0.2, 0) is 76.6 Å². The van der Waals surface area contributed by atoms with Crippen LogP contribution in [0.3, 0.4) is 0 Å². The molecule has 0 bridgehead atoms. The van der Waals surface area contributed by atoms with Crippen molar-refractivity contribution in [2.75, 3.05) is 0 Å². The van der Waals surface area contributed by atoms with Crippen LogP contribution in [0, 0.1) is 0 Å². The van der Waals surface area contributed by atoms with Crippen LogP contribution in [0.4, 0.5) is 0 Å². The number of hydrogen-bond acceptors (Lipinski definition) is 4. The van der Waals surface area contributed by atoms with Crippen LogP contribution in [-0.4, -0.2) is 95.3 Å². The summed E-state index contributed by atoms with van der Waals surface area (Å²) in [6.45, 7) is 0. The van der Waals surface area contributed by atoms with E-state index in [2.05, 4.69) is 0 Å². The Hall–Kier alpha value is 3.70. The molecule has 0 aromatic rings. The van der Waals surface area contributed by atoms with Crippen LogP contribution in [0.5, 0.6) is 0 Å². The Morgan fingerprint density at radius 1 is 0.643 bits per heavy atom. The van der Waals surface area contributed by atoms with E-state index in [0.29, 0.717) is 0 Å². The molecule has 0 fully saturated rings. The van der Waals surface area contributed by atoms with Gasteiger partial charge in [0.2, 0.25) is 0 Å². The molecule has 0 aromatic carbocycles. The van der Waals surface area contributed by atoms with Gasteiger partial charge in [0.25, 0.3) is 0 Å². The Kier molecular flexibility index (Phi) is 43.0. The standard InChI is InChI=1S/2Cr.2Cu.K.4H2O.4O.Pb.3H/h;;;;;4*1H2;;;;;;;;/q2*+2;;;;;;;;;;;;;;;/p-4. The van der Waals surface area contributed by atoms with E-state index in [1.165, 1.54) is 0 Å². The first-order valence-electron chi connectivity index (χ1n) is 1.40. The van der Waals surface area contributed by atoms with E-state index in [-0.39, 0.29) is 113 Å². The van der Waals surface area contributed by atoms with Gasteiger partial charge >= 0.3 is 138 Å². The molecule has 4 radical (unpaired) electrons. The topological polar surface area (TPSA) is 149 Å². The molecule has 0 aliphatic heterocycles. The van der Waals surface area contributed by atoms with Gasteiger partial charge in [-0.25, -0.2) is 0 Å². The fraction of sp³-hybridized carbons (Fsp3) is 0. The van der Waals surface area contributed by atoms with Crippen LogP contribution in [0.1, 0.15) is 0 Å². The van der Waals surface area contributed by atoms with Crippen LogP contribution < -0.4 is 0 Å². The van der Waals surface area contributed by atoms with E-state index in [1.54, 1.807) is 0 Å². The van der Waals surface area contributed by atoms with Crippen molar-refractivity contribution >= 4 is 78.7 Å². The summed E-state index contributed by atoms with van der Waals surface area (Å²) in [7, 11) is 0. The maximum atomic E-state index is 8.82. The molecule has 0 atom stereocenters. The van der Waals surface area contributed by atoms with E-state index >= 15 is 0 Å². The Morgan fingerprint density at radius 3 is 0.643 bits per heavy atom. The molecule has 8 nitrogen and oxygen atoms in total. The van der Waals surface area contributed by atoms with Crippen molar-refractivity contribution in [1.29, 1.82) is 0 Å². The molecule has 14 heavy (non-hydrogen) atoms. The predicted octanol–water partition coefficient (Wildman–Crippen LogP) is -4.28. The molecular weight excluding hydrogens is 605 g/mol. The Balaban J connectivity index is -0.0000000178. The van der Waals surface area contributed by atoms with Crippen molar-refractivity contribution in [3.05, 3.63) is 0 Å². The summed E-state index contributed by atoms with van der Waals surface area (Å²) in [4.78, 5) is 0.